The first-order chi connectivity index (χ1) is 8.67. The molecule has 1 heterocycles. The van der Waals surface area contributed by atoms with Gasteiger partial charge in [0, 0.05) is 18.8 Å². The summed E-state index contributed by atoms with van der Waals surface area (Å²) in [4.78, 5) is 3.98. The van der Waals surface area contributed by atoms with Crippen molar-refractivity contribution >= 4 is 11.6 Å². The van der Waals surface area contributed by atoms with Gasteiger partial charge in [0.2, 0.25) is 0 Å². The Labute approximate surface area is 115 Å². The summed E-state index contributed by atoms with van der Waals surface area (Å²) in [5, 5.41) is 13.1. The highest BCUT2D eigenvalue weighted by Gasteiger charge is 2.10. The molecule has 1 aromatic heterocycles. The van der Waals surface area contributed by atoms with Crippen LogP contribution in [0.3, 0.4) is 0 Å². The standard InChI is InChI=1S/C14H23ClN2O/c1-3-4-12(6-8-18)10-17-11(2)13-5-7-16-14(15)9-13/h5,7,9,11-12,17-18H,3-4,6,8,10H2,1-2H3. The molecule has 0 saturated carbocycles. The molecule has 0 spiro atoms. The third kappa shape index (κ3) is 5.34. The maximum Gasteiger partial charge on any atom is 0.129 e. The summed E-state index contributed by atoms with van der Waals surface area (Å²) in [7, 11) is 0. The molecule has 102 valence electrons. The van der Waals surface area contributed by atoms with Crippen molar-refractivity contribution in [1.29, 1.82) is 0 Å². The van der Waals surface area contributed by atoms with E-state index >= 15 is 0 Å². The first kappa shape index (κ1) is 15.4. The van der Waals surface area contributed by atoms with Crippen LogP contribution in [0.4, 0.5) is 0 Å². The molecule has 4 heteroatoms. The first-order valence-electron chi connectivity index (χ1n) is 6.63. The van der Waals surface area contributed by atoms with Gasteiger partial charge in [-0.3, -0.25) is 0 Å². The van der Waals surface area contributed by atoms with Crippen molar-refractivity contribution in [3.63, 3.8) is 0 Å². The Bertz CT molecular complexity index is 340. The van der Waals surface area contributed by atoms with Crippen molar-refractivity contribution in [2.75, 3.05) is 13.2 Å². The number of rotatable bonds is 8. The van der Waals surface area contributed by atoms with E-state index in [1.165, 1.54) is 0 Å². The Morgan fingerprint density at radius 2 is 2.22 bits per heavy atom. The molecule has 18 heavy (non-hydrogen) atoms. The molecule has 0 amide bonds. The van der Waals surface area contributed by atoms with Crippen LogP contribution < -0.4 is 5.32 Å². The number of aromatic nitrogens is 1. The maximum atomic E-state index is 9.03. The third-order valence-electron chi connectivity index (χ3n) is 3.20. The van der Waals surface area contributed by atoms with Crippen LogP contribution in [-0.4, -0.2) is 23.2 Å². The van der Waals surface area contributed by atoms with E-state index in [2.05, 4.69) is 24.1 Å². The summed E-state index contributed by atoms with van der Waals surface area (Å²) >= 11 is 5.88. The molecule has 0 aliphatic rings. The number of aliphatic hydroxyl groups is 1. The first-order valence-corrected chi connectivity index (χ1v) is 7.00. The summed E-state index contributed by atoms with van der Waals surface area (Å²) in [5.41, 5.74) is 1.15. The van der Waals surface area contributed by atoms with Crippen LogP contribution in [0.15, 0.2) is 18.3 Å². The highest BCUT2D eigenvalue weighted by molar-refractivity contribution is 6.29. The van der Waals surface area contributed by atoms with E-state index < -0.39 is 0 Å². The average Bonchev–Trinajstić information content (AvgIpc) is 2.36. The van der Waals surface area contributed by atoms with Gasteiger partial charge in [-0.2, -0.15) is 0 Å². The Morgan fingerprint density at radius 1 is 1.44 bits per heavy atom. The van der Waals surface area contributed by atoms with Crippen molar-refractivity contribution in [1.82, 2.24) is 10.3 Å². The Kier molecular flexibility index (Phi) is 7.25. The lowest BCUT2D eigenvalue weighted by Gasteiger charge is -2.20. The summed E-state index contributed by atoms with van der Waals surface area (Å²) in [6.07, 6.45) is 4.90. The third-order valence-corrected chi connectivity index (χ3v) is 3.40. The smallest absolute Gasteiger partial charge is 0.129 e. The molecule has 2 unspecified atom stereocenters. The van der Waals surface area contributed by atoms with Gasteiger partial charge in [0.05, 0.1) is 0 Å². The van der Waals surface area contributed by atoms with Crippen molar-refractivity contribution in [3.8, 4) is 0 Å². The number of aliphatic hydroxyl groups excluding tert-OH is 1. The van der Waals surface area contributed by atoms with Crippen LogP contribution in [0, 0.1) is 5.92 Å². The van der Waals surface area contributed by atoms with E-state index in [1.54, 1.807) is 6.20 Å². The van der Waals surface area contributed by atoms with Crippen LogP contribution in [-0.2, 0) is 0 Å². The molecule has 0 aromatic carbocycles. The van der Waals surface area contributed by atoms with E-state index in [4.69, 9.17) is 16.7 Å². The van der Waals surface area contributed by atoms with Gasteiger partial charge in [-0.15, -0.1) is 0 Å². The Hall–Kier alpha value is -0.640. The lowest BCUT2D eigenvalue weighted by molar-refractivity contribution is 0.246. The minimum atomic E-state index is 0.253. The van der Waals surface area contributed by atoms with Gasteiger partial charge in [0.15, 0.2) is 0 Å². The highest BCUT2D eigenvalue weighted by atomic mass is 35.5. The molecule has 0 aliphatic heterocycles. The fourth-order valence-electron chi connectivity index (χ4n) is 2.09. The van der Waals surface area contributed by atoms with Gasteiger partial charge in [-0.1, -0.05) is 24.9 Å². The molecule has 0 radical (unpaired) electrons. The highest BCUT2D eigenvalue weighted by Crippen LogP contribution is 2.17. The van der Waals surface area contributed by atoms with Crippen molar-refractivity contribution in [3.05, 3.63) is 29.0 Å². The normalized spacial score (nSPS) is 14.4. The van der Waals surface area contributed by atoms with Crippen LogP contribution in [0.2, 0.25) is 5.15 Å². The topological polar surface area (TPSA) is 45.1 Å². The lowest BCUT2D eigenvalue weighted by Crippen LogP contribution is -2.26. The van der Waals surface area contributed by atoms with Gasteiger partial charge in [-0.05, 0) is 49.9 Å². The zero-order valence-electron chi connectivity index (χ0n) is 11.2. The molecule has 2 N–H and O–H groups in total. The number of pyridine rings is 1. The molecule has 1 aromatic rings. The minimum absolute atomic E-state index is 0.253. The Morgan fingerprint density at radius 3 is 2.83 bits per heavy atom. The second-order valence-electron chi connectivity index (χ2n) is 4.71. The quantitative estimate of drug-likeness (QED) is 0.713. The largest absolute Gasteiger partial charge is 0.396 e. The monoisotopic (exact) mass is 270 g/mol. The molecule has 0 saturated heterocycles. The van der Waals surface area contributed by atoms with Gasteiger partial charge < -0.3 is 10.4 Å². The van der Waals surface area contributed by atoms with Crippen LogP contribution in [0.25, 0.3) is 0 Å². The van der Waals surface area contributed by atoms with E-state index in [0.29, 0.717) is 11.1 Å². The lowest BCUT2D eigenvalue weighted by atomic mass is 9.99. The minimum Gasteiger partial charge on any atom is -0.396 e. The molecular formula is C14H23ClN2O. The molecule has 2 atom stereocenters. The molecular weight excluding hydrogens is 248 g/mol. The van der Waals surface area contributed by atoms with Crippen LogP contribution in [0.5, 0.6) is 0 Å². The van der Waals surface area contributed by atoms with E-state index in [9.17, 15) is 0 Å². The van der Waals surface area contributed by atoms with Gasteiger partial charge in [0.25, 0.3) is 0 Å². The number of hydrogen-bond donors (Lipinski definition) is 2. The maximum absolute atomic E-state index is 9.03. The van der Waals surface area contributed by atoms with Crippen molar-refractivity contribution < 1.29 is 5.11 Å². The summed E-state index contributed by atoms with van der Waals surface area (Å²) in [6, 6.07) is 4.12. The SMILES string of the molecule is CCCC(CCO)CNC(C)c1ccnc(Cl)c1. The van der Waals surface area contributed by atoms with Gasteiger partial charge in [-0.25, -0.2) is 4.98 Å². The molecule has 0 fully saturated rings. The second-order valence-corrected chi connectivity index (χ2v) is 5.10. The fourth-order valence-corrected chi connectivity index (χ4v) is 2.27. The summed E-state index contributed by atoms with van der Waals surface area (Å²) in [6.45, 7) is 5.49. The van der Waals surface area contributed by atoms with E-state index in [0.717, 1.165) is 31.4 Å². The second kappa shape index (κ2) is 8.46. The zero-order valence-corrected chi connectivity index (χ0v) is 12.0. The molecule has 3 nitrogen and oxygen atoms in total. The van der Waals surface area contributed by atoms with Gasteiger partial charge >= 0.3 is 0 Å². The predicted octanol–water partition coefficient (Wildman–Crippen LogP) is 3.18. The van der Waals surface area contributed by atoms with Gasteiger partial charge in [0.1, 0.15) is 5.15 Å². The fraction of sp³-hybridized carbons (Fsp3) is 0.643. The van der Waals surface area contributed by atoms with Crippen molar-refractivity contribution in [2.45, 2.75) is 39.2 Å². The number of nitrogens with one attached hydrogen (secondary N) is 1. The molecule has 0 bridgehead atoms. The predicted molar refractivity (Wildman–Crippen MR) is 75.8 cm³/mol. The van der Waals surface area contributed by atoms with E-state index in [1.807, 2.05) is 12.1 Å². The number of hydrogen-bond acceptors (Lipinski definition) is 3. The average molecular weight is 271 g/mol. The number of nitrogens with zero attached hydrogens (tertiary/aromatic N) is 1. The summed E-state index contributed by atoms with van der Waals surface area (Å²) in [5.74, 6) is 0.541. The van der Waals surface area contributed by atoms with Crippen molar-refractivity contribution in [2.24, 2.45) is 5.92 Å². The van der Waals surface area contributed by atoms with E-state index in [-0.39, 0.29) is 12.6 Å². The molecule has 0 aliphatic carbocycles. The zero-order chi connectivity index (χ0) is 13.4. The van der Waals surface area contributed by atoms with Crippen LogP contribution in [0.1, 0.15) is 44.7 Å². The summed E-state index contributed by atoms with van der Waals surface area (Å²) < 4.78 is 0. The van der Waals surface area contributed by atoms with Crippen LogP contribution >= 0.6 is 11.6 Å². The number of halogens is 1. The Balaban J connectivity index is 2.46. The molecule has 1 rings (SSSR count).